The molecule has 1 saturated heterocycles. The van der Waals surface area contributed by atoms with Crippen molar-refractivity contribution in [3.63, 3.8) is 0 Å². The van der Waals surface area contributed by atoms with Crippen LogP contribution in [0.15, 0.2) is 30.3 Å². The Kier molecular flexibility index (Phi) is 4.80. The van der Waals surface area contributed by atoms with Gasteiger partial charge in [0.25, 0.3) is 0 Å². The number of primary amides is 1. The van der Waals surface area contributed by atoms with Crippen molar-refractivity contribution in [2.45, 2.75) is 32.4 Å². The maximum atomic E-state index is 11.4. The lowest BCUT2D eigenvalue weighted by Crippen LogP contribution is -2.52. The molecule has 0 aliphatic carbocycles. The summed E-state index contributed by atoms with van der Waals surface area (Å²) in [6.07, 6.45) is 2.21. The third-order valence-corrected chi connectivity index (χ3v) is 3.86. The summed E-state index contributed by atoms with van der Waals surface area (Å²) in [7, 11) is 0. The second kappa shape index (κ2) is 6.57. The van der Waals surface area contributed by atoms with Gasteiger partial charge in [-0.05, 0) is 17.9 Å². The zero-order valence-electron chi connectivity index (χ0n) is 11.5. The number of carbonyl (C=O) groups is 1. The number of urea groups is 1. The molecule has 1 fully saturated rings. The first kappa shape index (κ1) is 13.9. The van der Waals surface area contributed by atoms with Gasteiger partial charge in [-0.3, -0.25) is 0 Å². The molecular weight excluding hydrogens is 238 g/mol. The highest BCUT2D eigenvalue weighted by molar-refractivity contribution is 5.72. The van der Waals surface area contributed by atoms with E-state index >= 15 is 0 Å². The van der Waals surface area contributed by atoms with Crippen LogP contribution in [0.25, 0.3) is 0 Å². The fraction of sp³-hybridized carbons (Fsp3) is 0.533. The highest BCUT2D eigenvalue weighted by atomic mass is 16.2. The number of benzene rings is 1. The first-order valence-electron chi connectivity index (χ1n) is 7.00. The number of hydrogen-bond acceptors (Lipinski definition) is 2. The minimum atomic E-state index is -0.301. The Bertz CT molecular complexity index is 407. The topological polar surface area (TPSA) is 58.4 Å². The van der Waals surface area contributed by atoms with Crippen molar-refractivity contribution in [3.8, 4) is 0 Å². The van der Waals surface area contributed by atoms with Gasteiger partial charge in [-0.2, -0.15) is 0 Å². The standard InChI is InChI=1S/C15H23N3O/c1-2-12-8-14(11-18(10-12)15(16)19)17-9-13-6-4-3-5-7-13/h3-7,12,14,17H,2,8-11H2,1H3,(H2,16,19). The van der Waals surface area contributed by atoms with Gasteiger partial charge in [-0.15, -0.1) is 0 Å². The molecule has 0 bridgehead atoms. The zero-order valence-corrected chi connectivity index (χ0v) is 11.5. The van der Waals surface area contributed by atoms with E-state index in [9.17, 15) is 4.79 Å². The molecular formula is C15H23N3O. The van der Waals surface area contributed by atoms with E-state index in [1.807, 2.05) is 18.2 Å². The molecule has 2 rings (SSSR count). The van der Waals surface area contributed by atoms with Crippen LogP contribution in [0.1, 0.15) is 25.3 Å². The number of hydrogen-bond donors (Lipinski definition) is 2. The van der Waals surface area contributed by atoms with E-state index in [-0.39, 0.29) is 6.03 Å². The number of nitrogens with one attached hydrogen (secondary N) is 1. The van der Waals surface area contributed by atoms with E-state index in [4.69, 9.17) is 5.73 Å². The van der Waals surface area contributed by atoms with Crippen LogP contribution in [0.5, 0.6) is 0 Å². The van der Waals surface area contributed by atoms with E-state index in [2.05, 4.69) is 24.4 Å². The molecule has 4 heteroatoms. The van der Waals surface area contributed by atoms with Gasteiger partial charge in [0.15, 0.2) is 0 Å². The monoisotopic (exact) mass is 261 g/mol. The van der Waals surface area contributed by atoms with Crippen molar-refractivity contribution < 1.29 is 4.79 Å². The van der Waals surface area contributed by atoms with E-state index in [1.165, 1.54) is 5.56 Å². The number of piperidine rings is 1. The molecule has 1 aromatic carbocycles. The second-order valence-electron chi connectivity index (χ2n) is 5.32. The van der Waals surface area contributed by atoms with Gasteiger partial charge in [0.2, 0.25) is 0 Å². The molecule has 2 unspecified atom stereocenters. The van der Waals surface area contributed by atoms with Crippen LogP contribution >= 0.6 is 0 Å². The summed E-state index contributed by atoms with van der Waals surface area (Å²) in [6.45, 7) is 4.53. The molecule has 1 aliphatic heterocycles. The molecule has 19 heavy (non-hydrogen) atoms. The maximum Gasteiger partial charge on any atom is 0.314 e. The Hall–Kier alpha value is -1.55. The van der Waals surface area contributed by atoms with Crippen molar-refractivity contribution in [1.29, 1.82) is 0 Å². The summed E-state index contributed by atoms with van der Waals surface area (Å²) >= 11 is 0. The van der Waals surface area contributed by atoms with E-state index < -0.39 is 0 Å². The van der Waals surface area contributed by atoms with E-state index in [0.29, 0.717) is 12.0 Å². The molecule has 0 radical (unpaired) electrons. The summed E-state index contributed by atoms with van der Waals surface area (Å²) in [6, 6.07) is 10.4. The highest BCUT2D eigenvalue weighted by Gasteiger charge is 2.27. The average molecular weight is 261 g/mol. The smallest absolute Gasteiger partial charge is 0.314 e. The number of nitrogens with two attached hydrogens (primary N) is 1. The van der Waals surface area contributed by atoms with Crippen LogP contribution in [0.3, 0.4) is 0 Å². The zero-order chi connectivity index (χ0) is 13.7. The summed E-state index contributed by atoms with van der Waals surface area (Å²) in [5, 5.41) is 3.54. The van der Waals surface area contributed by atoms with Crippen molar-refractivity contribution in [1.82, 2.24) is 10.2 Å². The Morgan fingerprint density at radius 1 is 1.37 bits per heavy atom. The van der Waals surface area contributed by atoms with Crippen LogP contribution in [0, 0.1) is 5.92 Å². The number of carbonyl (C=O) groups excluding carboxylic acids is 1. The lowest BCUT2D eigenvalue weighted by molar-refractivity contribution is 0.150. The molecule has 0 spiro atoms. The van der Waals surface area contributed by atoms with Gasteiger partial charge < -0.3 is 16.0 Å². The largest absolute Gasteiger partial charge is 0.351 e. The first-order chi connectivity index (χ1) is 9.19. The number of nitrogens with zero attached hydrogens (tertiary/aromatic N) is 1. The molecule has 1 aliphatic rings. The minimum Gasteiger partial charge on any atom is -0.351 e. The quantitative estimate of drug-likeness (QED) is 0.870. The summed E-state index contributed by atoms with van der Waals surface area (Å²) in [5.74, 6) is 0.550. The van der Waals surface area contributed by atoms with Crippen LogP contribution < -0.4 is 11.1 Å². The highest BCUT2D eigenvalue weighted by Crippen LogP contribution is 2.19. The van der Waals surface area contributed by atoms with Crippen LogP contribution in [-0.4, -0.2) is 30.1 Å². The fourth-order valence-electron chi connectivity index (χ4n) is 2.69. The summed E-state index contributed by atoms with van der Waals surface area (Å²) in [4.78, 5) is 13.1. The molecule has 2 amide bonds. The summed E-state index contributed by atoms with van der Waals surface area (Å²) < 4.78 is 0. The molecule has 0 aromatic heterocycles. The van der Waals surface area contributed by atoms with Crippen molar-refractivity contribution in [2.75, 3.05) is 13.1 Å². The number of likely N-dealkylation sites (tertiary alicyclic amines) is 1. The van der Waals surface area contributed by atoms with Crippen LogP contribution in [0.2, 0.25) is 0 Å². The fourth-order valence-corrected chi connectivity index (χ4v) is 2.69. The van der Waals surface area contributed by atoms with Gasteiger partial charge in [0, 0.05) is 25.7 Å². The Balaban J connectivity index is 1.90. The average Bonchev–Trinajstić information content (AvgIpc) is 2.45. The predicted molar refractivity (Wildman–Crippen MR) is 76.6 cm³/mol. The molecule has 2 atom stereocenters. The number of rotatable bonds is 4. The van der Waals surface area contributed by atoms with Crippen LogP contribution in [0.4, 0.5) is 4.79 Å². The molecule has 1 aromatic rings. The SMILES string of the molecule is CCC1CC(NCc2ccccc2)CN(C(N)=O)C1. The van der Waals surface area contributed by atoms with Crippen molar-refractivity contribution in [3.05, 3.63) is 35.9 Å². The van der Waals surface area contributed by atoms with Crippen molar-refractivity contribution in [2.24, 2.45) is 11.7 Å². The molecule has 0 saturated carbocycles. The second-order valence-corrected chi connectivity index (χ2v) is 5.32. The maximum absolute atomic E-state index is 11.4. The Morgan fingerprint density at radius 3 is 2.74 bits per heavy atom. The van der Waals surface area contributed by atoms with Crippen LogP contribution in [-0.2, 0) is 6.54 Å². The minimum absolute atomic E-state index is 0.301. The van der Waals surface area contributed by atoms with Gasteiger partial charge >= 0.3 is 6.03 Å². The number of amides is 2. The third kappa shape index (κ3) is 3.96. The molecule has 3 N–H and O–H groups in total. The Morgan fingerprint density at radius 2 is 2.11 bits per heavy atom. The van der Waals surface area contributed by atoms with E-state index in [1.54, 1.807) is 4.90 Å². The normalized spacial score (nSPS) is 23.3. The van der Waals surface area contributed by atoms with Gasteiger partial charge in [-0.1, -0.05) is 43.7 Å². The molecule has 104 valence electrons. The third-order valence-electron chi connectivity index (χ3n) is 3.86. The van der Waals surface area contributed by atoms with E-state index in [0.717, 1.165) is 32.5 Å². The predicted octanol–water partition coefficient (Wildman–Crippen LogP) is 1.96. The van der Waals surface area contributed by atoms with Crippen molar-refractivity contribution >= 4 is 6.03 Å². The van der Waals surface area contributed by atoms with Gasteiger partial charge in [0.1, 0.15) is 0 Å². The lowest BCUT2D eigenvalue weighted by atomic mass is 9.92. The van der Waals surface area contributed by atoms with Gasteiger partial charge in [-0.25, -0.2) is 4.79 Å². The molecule has 4 nitrogen and oxygen atoms in total. The Labute approximate surface area is 115 Å². The molecule has 1 heterocycles. The van der Waals surface area contributed by atoms with Gasteiger partial charge in [0.05, 0.1) is 0 Å². The summed E-state index contributed by atoms with van der Waals surface area (Å²) in [5.41, 5.74) is 6.68. The lowest BCUT2D eigenvalue weighted by Gasteiger charge is -2.37. The first-order valence-corrected chi connectivity index (χ1v) is 7.00.